The molecule has 0 aliphatic carbocycles. The lowest BCUT2D eigenvalue weighted by Crippen LogP contribution is -2.10. The highest BCUT2D eigenvalue weighted by Crippen LogP contribution is 2.24. The Hall–Kier alpha value is -0.900. The van der Waals surface area contributed by atoms with Crippen LogP contribution in [-0.2, 0) is 4.79 Å². The molecule has 0 saturated carbocycles. The van der Waals surface area contributed by atoms with E-state index in [0.717, 1.165) is 0 Å². The number of hydrogen-bond acceptors (Lipinski definition) is 1. The van der Waals surface area contributed by atoms with Gasteiger partial charge in [-0.05, 0) is 40.0 Å². The first-order valence-electron chi connectivity index (χ1n) is 4.24. The van der Waals surface area contributed by atoms with Gasteiger partial charge in [-0.15, -0.1) is 0 Å². The van der Waals surface area contributed by atoms with Crippen molar-refractivity contribution in [2.24, 2.45) is 0 Å². The van der Waals surface area contributed by atoms with Crippen molar-refractivity contribution in [3.63, 3.8) is 0 Å². The second kappa shape index (κ2) is 4.55. The van der Waals surface area contributed by atoms with Crippen molar-refractivity contribution in [1.82, 2.24) is 0 Å². The van der Waals surface area contributed by atoms with Crippen molar-refractivity contribution in [2.45, 2.75) is 19.3 Å². The zero-order chi connectivity index (χ0) is 10.7. The van der Waals surface area contributed by atoms with E-state index in [4.69, 9.17) is 5.11 Å². The number of halogens is 2. The van der Waals surface area contributed by atoms with Crippen LogP contribution in [0.1, 0.15) is 24.8 Å². The quantitative estimate of drug-likeness (QED) is 0.907. The van der Waals surface area contributed by atoms with Crippen LogP contribution in [0.25, 0.3) is 0 Å². The summed E-state index contributed by atoms with van der Waals surface area (Å²) >= 11 is 3.02. The van der Waals surface area contributed by atoms with Gasteiger partial charge < -0.3 is 5.11 Å². The summed E-state index contributed by atoms with van der Waals surface area (Å²) in [6.45, 7) is 1.79. The Labute approximate surface area is 89.9 Å². The molecule has 1 atom stereocenters. The summed E-state index contributed by atoms with van der Waals surface area (Å²) < 4.78 is 13.2. The lowest BCUT2D eigenvalue weighted by molar-refractivity contribution is -0.138. The second-order valence-corrected chi connectivity index (χ2v) is 3.83. The topological polar surface area (TPSA) is 37.3 Å². The fourth-order valence-electron chi connectivity index (χ4n) is 1.28. The van der Waals surface area contributed by atoms with Crippen LogP contribution in [0.15, 0.2) is 22.7 Å². The number of hydrogen-bond donors (Lipinski definition) is 1. The molecule has 0 amide bonds. The summed E-state index contributed by atoms with van der Waals surface area (Å²) in [4.78, 5) is 10.8. The predicted molar refractivity (Wildman–Crippen MR) is 54.8 cm³/mol. The molecular weight excluding hydrogens is 251 g/mol. The molecule has 76 valence electrons. The average molecular weight is 261 g/mol. The molecule has 1 aromatic rings. The van der Waals surface area contributed by atoms with Crippen molar-refractivity contribution in [3.05, 3.63) is 34.1 Å². The lowest BCUT2D eigenvalue weighted by Gasteiger charge is -2.10. The molecular formula is C10H10BrFO2. The molecule has 0 aliphatic rings. The maximum Gasteiger partial charge on any atom is 0.310 e. The van der Waals surface area contributed by atoms with Crippen LogP contribution < -0.4 is 0 Å². The molecule has 0 saturated heterocycles. The first-order chi connectivity index (χ1) is 6.56. The molecule has 0 aromatic heterocycles. The minimum absolute atomic E-state index is 0.301. The molecule has 0 fully saturated rings. The molecule has 1 rings (SSSR count). The van der Waals surface area contributed by atoms with E-state index in [1.54, 1.807) is 6.92 Å². The maximum atomic E-state index is 12.9. The van der Waals surface area contributed by atoms with Gasteiger partial charge in [0, 0.05) is 0 Å². The summed E-state index contributed by atoms with van der Waals surface area (Å²) in [5.74, 6) is -1.83. The van der Waals surface area contributed by atoms with Gasteiger partial charge in [-0.25, -0.2) is 4.39 Å². The zero-order valence-electron chi connectivity index (χ0n) is 7.63. The van der Waals surface area contributed by atoms with Gasteiger partial charge in [0.1, 0.15) is 5.82 Å². The van der Waals surface area contributed by atoms with Crippen molar-refractivity contribution < 1.29 is 14.3 Å². The lowest BCUT2D eigenvalue weighted by atomic mass is 9.97. The number of rotatable bonds is 3. The Balaban J connectivity index is 3.06. The molecule has 0 aliphatic heterocycles. The standard InChI is InChI=1S/C10H10BrFO2/c1-2-7(10(13)14)6-3-4-9(12)8(11)5-6/h3-5,7H,2H2,1H3,(H,13,14). The van der Waals surface area contributed by atoms with Crippen LogP contribution in [0, 0.1) is 5.82 Å². The van der Waals surface area contributed by atoms with Crippen molar-refractivity contribution >= 4 is 21.9 Å². The smallest absolute Gasteiger partial charge is 0.310 e. The zero-order valence-corrected chi connectivity index (χ0v) is 9.21. The molecule has 2 nitrogen and oxygen atoms in total. The molecule has 0 spiro atoms. The van der Waals surface area contributed by atoms with Gasteiger partial charge in [-0.3, -0.25) is 4.79 Å². The van der Waals surface area contributed by atoms with Crippen LogP contribution in [0.4, 0.5) is 4.39 Å². The monoisotopic (exact) mass is 260 g/mol. The summed E-state index contributed by atoms with van der Waals surface area (Å²) in [6.07, 6.45) is 0.493. The normalized spacial score (nSPS) is 12.5. The number of carboxylic acids is 1. The number of benzene rings is 1. The average Bonchev–Trinajstić information content (AvgIpc) is 2.11. The van der Waals surface area contributed by atoms with E-state index >= 15 is 0 Å². The third-order valence-electron chi connectivity index (χ3n) is 2.05. The SMILES string of the molecule is CCC(C(=O)O)c1ccc(F)c(Br)c1. The van der Waals surface area contributed by atoms with E-state index in [1.807, 2.05) is 0 Å². The van der Waals surface area contributed by atoms with Gasteiger partial charge in [0.15, 0.2) is 0 Å². The Morgan fingerprint density at radius 3 is 2.71 bits per heavy atom. The van der Waals surface area contributed by atoms with Crippen molar-refractivity contribution in [1.29, 1.82) is 0 Å². The van der Waals surface area contributed by atoms with Crippen LogP contribution in [-0.4, -0.2) is 11.1 Å². The molecule has 0 radical (unpaired) electrons. The summed E-state index contributed by atoms with van der Waals surface area (Å²) in [5.41, 5.74) is 0.619. The second-order valence-electron chi connectivity index (χ2n) is 2.97. The Morgan fingerprint density at radius 1 is 1.64 bits per heavy atom. The van der Waals surface area contributed by atoms with Crippen LogP contribution in [0.2, 0.25) is 0 Å². The highest BCUT2D eigenvalue weighted by Gasteiger charge is 2.18. The maximum absolute atomic E-state index is 12.9. The van der Waals surface area contributed by atoms with Gasteiger partial charge in [0.05, 0.1) is 10.4 Å². The fourth-order valence-corrected chi connectivity index (χ4v) is 1.68. The molecule has 14 heavy (non-hydrogen) atoms. The molecule has 0 bridgehead atoms. The van der Waals surface area contributed by atoms with Gasteiger partial charge in [0.2, 0.25) is 0 Å². The largest absolute Gasteiger partial charge is 0.481 e. The Morgan fingerprint density at radius 2 is 2.29 bits per heavy atom. The number of aliphatic carboxylic acids is 1. The minimum Gasteiger partial charge on any atom is -0.481 e. The molecule has 4 heteroatoms. The predicted octanol–water partition coefficient (Wildman–Crippen LogP) is 3.17. The molecule has 0 heterocycles. The molecule has 1 aromatic carbocycles. The van der Waals surface area contributed by atoms with E-state index < -0.39 is 11.9 Å². The Kier molecular flexibility index (Phi) is 3.63. The van der Waals surface area contributed by atoms with E-state index in [1.165, 1.54) is 18.2 Å². The van der Waals surface area contributed by atoms with Gasteiger partial charge in [-0.2, -0.15) is 0 Å². The molecule has 1 N–H and O–H groups in total. The summed E-state index contributed by atoms with van der Waals surface area (Å²) in [5, 5.41) is 8.88. The first kappa shape index (κ1) is 11.2. The highest BCUT2D eigenvalue weighted by atomic mass is 79.9. The third-order valence-corrected chi connectivity index (χ3v) is 2.66. The van der Waals surface area contributed by atoms with Crippen molar-refractivity contribution in [2.75, 3.05) is 0 Å². The number of carbonyl (C=O) groups is 1. The Bertz CT molecular complexity index is 352. The highest BCUT2D eigenvalue weighted by molar-refractivity contribution is 9.10. The van der Waals surface area contributed by atoms with Gasteiger partial charge >= 0.3 is 5.97 Å². The minimum atomic E-state index is -0.883. The van der Waals surface area contributed by atoms with E-state index in [-0.39, 0.29) is 5.82 Å². The van der Waals surface area contributed by atoms with E-state index in [0.29, 0.717) is 16.5 Å². The third kappa shape index (κ3) is 2.32. The summed E-state index contributed by atoms with van der Waals surface area (Å²) in [6, 6.07) is 4.28. The molecule has 1 unspecified atom stereocenters. The van der Waals surface area contributed by atoms with Crippen LogP contribution >= 0.6 is 15.9 Å². The van der Waals surface area contributed by atoms with Crippen molar-refractivity contribution in [3.8, 4) is 0 Å². The fraction of sp³-hybridized carbons (Fsp3) is 0.300. The van der Waals surface area contributed by atoms with Crippen LogP contribution in [0.3, 0.4) is 0 Å². The van der Waals surface area contributed by atoms with Gasteiger partial charge in [0.25, 0.3) is 0 Å². The summed E-state index contributed by atoms with van der Waals surface area (Å²) in [7, 11) is 0. The number of carboxylic acid groups (broad SMARTS) is 1. The first-order valence-corrected chi connectivity index (χ1v) is 5.03. The van der Waals surface area contributed by atoms with E-state index in [2.05, 4.69) is 15.9 Å². The van der Waals surface area contributed by atoms with E-state index in [9.17, 15) is 9.18 Å². The van der Waals surface area contributed by atoms with Crippen LogP contribution in [0.5, 0.6) is 0 Å². The van der Waals surface area contributed by atoms with Gasteiger partial charge in [-0.1, -0.05) is 13.0 Å².